The number of nitrogens with zero attached hydrogens (tertiary/aromatic N) is 4. The van der Waals surface area contributed by atoms with Gasteiger partial charge in [-0.1, -0.05) is 0 Å². The van der Waals surface area contributed by atoms with E-state index in [0.29, 0.717) is 35.5 Å². The number of nitro groups is 1. The molecule has 0 radical (unpaired) electrons. The molecule has 1 saturated carbocycles. The van der Waals surface area contributed by atoms with Crippen LogP contribution in [0.2, 0.25) is 0 Å². The average Bonchev–Trinajstić information content (AvgIpc) is 3.24. The highest BCUT2D eigenvalue weighted by Gasteiger charge is 2.28. The van der Waals surface area contributed by atoms with Crippen molar-refractivity contribution in [3.63, 3.8) is 0 Å². The summed E-state index contributed by atoms with van der Waals surface area (Å²) in [5.41, 5.74) is 1.69. The molecule has 1 aliphatic rings. The van der Waals surface area contributed by atoms with Gasteiger partial charge in [0.15, 0.2) is 0 Å². The molecular formula is C24H24N4O8. The van der Waals surface area contributed by atoms with Gasteiger partial charge < -0.3 is 19.3 Å². The number of ether oxygens (including phenoxy) is 3. The molecule has 0 unspecified atom stereocenters. The highest BCUT2D eigenvalue weighted by molar-refractivity contribution is 5.70. The van der Waals surface area contributed by atoms with Crippen molar-refractivity contribution in [3.05, 3.63) is 64.6 Å². The minimum atomic E-state index is -0.972. The van der Waals surface area contributed by atoms with Crippen LogP contribution in [0.1, 0.15) is 31.4 Å². The van der Waals surface area contributed by atoms with Crippen LogP contribution in [0, 0.1) is 16.0 Å². The minimum Gasteiger partial charge on any atom is -0.489 e. The van der Waals surface area contributed by atoms with E-state index in [1.165, 1.54) is 24.3 Å². The predicted molar refractivity (Wildman–Crippen MR) is 124 cm³/mol. The van der Waals surface area contributed by atoms with Gasteiger partial charge in [0.05, 0.1) is 40.7 Å². The highest BCUT2D eigenvalue weighted by atomic mass is 16.7. The number of aromatic nitrogens is 3. The van der Waals surface area contributed by atoms with Crippen LogP contribution in [0.3, 0.4) is 0 Å². The van der Waals surface area contributed by atoms with Gasteiger partial charge in [-0.25, -0.2) is 4.79 Å². The van der Waals surface area contributed by atoms with E-state index in [1.54, 1.807) is 36.3 Å². The van der Waals surface area contributed by atoms with E-state index in [4.69, 9.17) is 14.2 Å². The number of benzene rings is 1. The number of carboxylic acid groups (broad SMARTS) is 1. The lowest BCUT2D eigenvalue weighted by Gasteiger charge is -2.27. The molecule has 0 bridgehead atoms. The van der Waals surface area contributed by atoms with Gasteiger partial charge in [0, 0.05) is 24.7 Å². The molecule has 36 heavy (non-hydrogen) atoms. The number of nitro benzene ring substituents is 1. The van der Waals surface area contributed by atoms with Crippen LogP contribution in [0.15, 0.2) is 48.8 Å². The molecule has 1 fully saturated rings. The van der Waals surface area contributed by atoms with Crippen molar-refractivity contribution in [2.24, 2.45) is 13.0 Å². The Morgan fingerprint density at radius 2 is 1.89 bits per heavy atom. The van der Waals surface area contributed by atoms with E-state index in [-0.39, 0.29) is 30.1 Å². The molecule has 12 nitrogen and oxygen atoms in total. The molecule has 3 aromatic rings. The Hall–Kier alpha value is -4.48. The number of rotatable bonds is 8. The first-order valence-electron chi connectivity index (χ1n) is 11.3. The third kappa shape index (κ3) is 5.95. The van der Waals surface area contributed by atoms with Gasteiger partial charge in [-0.2, -0.15) is 5.10 Å². The number of carbonyl (C=O) groups is 2. The number of hydrogen-bond acceptors (Lipinski definition) is 9. The zero-order chi connectivity index (χ0) is 25.7. The van der Waals surface area contributed by atoms with Crippen LogP contribution in [0.5, 0.6) is 11.5 Å². The molecule has 1 N–H and O–H groups in total. The molecule has 2 aromatic heterocycles. The number of hydrogen-bond donors (Lipinski definition) is 1. The first kappa shape index (κ1) is 24.6. The second-order valence-corrected chi connectivity index (χ2v) is 8.34. The molecule has 4 rings (SSSR count). The number of aryl methyl sites for hydroxylation is 1. The molecule has 0 aliphatic heterocycles. The molecule has 0 amide bonds. The summed E-state index contributed by atoms with van der Waals surface area (Å²) >= 11 is 0. The fourth-order valence-corrected chi connectivity index (χ4v) is 4.01. The minimum absolute atomic E-state index is 0.112. The van der Waals surface area contributed by atoms with E-state index >= 15 is 0 Å². The molecule has 1 aliphatic carbocycles. The Morgan fingerprint density at radius 3 is 2.56 bits per heavy atom. The lowest BCUT2D eigenvalue weighted by atomic mass is 9.87. The van der Waals surface area contributed by atoms with Crippen molar-refractivity contribution < 1.29 is 33.8 Å². The Kier molecular flexibility index (Phi) is 7.42. The third-order valence-electron chi connectivity index (χ3n) is 5.93. The number of non-ortho nitro benzene ring substituents is 1. The largest absolute Gasteiger partial charge is 0.514 e. The van der Waals surface area contributed by atoms with Crippen LogP contribution in [0.4, 0.5) is 10.5 Å². The van der Waals surface area contributed by atoms with Gasteiger partial charge in [-0.15, -0.1) is 0 Å². The monoisotopic (exact) mass is 496 g/mol. The predicted octanol–water partition coefficient (Wildman–Crippen LogP) is 4.13. The third-order valence-corrected chi connectivity index (χ3v) is 5.93. The fourth-order valence-electron chi connectivity index (χ4n) is 4.01. The topological polar surface area (TPSA) is 156 Å². The maximum atomic E-state index is 12.1. The van der Waals surface area contributed by atoms with Crippen molar-refractivity contribution >= 4 is 17.8 Å². The molecule has 0 spiro atoms. The number of carbonyl (C=O) groups excluding carboxylic acids is 1. The van der Waals surface area contributed by atoms with E-state index < -0.39 is 17.0 Å². The fraction of sp³-hybridized carbons (Fsp3) is 0.333. The Morgan fingerprint density at radius 1 is 1.14 bits per heavy atom. The number of aliphatic carboxylic acids is 1. The highest BCUT2D eigenvalue weighted by Crippen LogP contribution is 2.29. The van der Waals surface area contributed by atoms with Crippen LogP contribution in [0.25, 0.3) is 11.3 Å². The second kappa shape index (κ2) is 10.8. The normalized spacial score (nSPS) is 17.2. The first-order valence-corrected chi connectivity index (χ1v) is 11.3. The number of carboxylic acids is 1. The van der Waals surface area contributed by atoms with Crippen LogP contribution >= 0.6 is 0 Å². The summed E-state index contributed by atoms with van der Waals surface area (Å²) in [7, 11) is 1.70. The Balaban J connectivity index is 1.36. The maximum absolute atomic E-state index is 12.1. The molecular weight excluding hydrogens is 472 g/mol. The summed E-state index contributed by atoms with van der Waals surface area (Å²) in [6.45, 7) is -0.143. The quantitative estimate of drug-likeness (QED) is 0.208. The van der Waals surface area contributed by atoms with Crippen molar-refractivity contribution in [1.29, 1.82) is 0 Å². The average molecular weight is 496 g/mol. The van der Waals surface area contributed by atoms with Gasteiger partial charge in [-0.05, 0) is 49.9 Å². The van der Waals surface area contributed by atoms with Crippen molar-refractivity contribution in [2.45, 2.75) is 38.4 Å². The van der Waals surface area contributed by atoms with Gasteiger partial charge >= 0.3 is 12.1 Å². The summed E-state index contributed by atoms with van der Waals surface area (Å²) in [5, 5.41) is 24.2. The van der Waals surface area contributed by atoms with Gasteiger partial charge in [0.25, 0.3) is 5.69 Å². The zero-order valence-corrected chi connectivity index (χ0v) is 19.4. The van der Waals surface area contributed by atoms with Crippen LogP contribution in [-0.2, 0) is 23.2 Å². The lowest BCUT2D eigenvalue weighted by molar-refractivity contribution is -0.384. The smallest absolute Gasteiger partial charge is 0.489 e. The summed E-state index contributed by atoms with van der Waals surface area (Å²) in [5.74, 6) is -0.523. The molecule has 1 aromatic carbocycles. The van der Waals surface area contributed by atoms with Crippen molar-refractivity contribution in [3.8, 4) is 22.8 Å². The molecule has 12 heteroatoms. The number of pyridine rings is 1. The van der Waals surface area contributed by atoms with Gasteiger partial charge in [0.2, 0.25) is 0 Å². The van der Waals surface area contributed by atoms with Gasteiger partial charge in [0.1, 0.15) is 18.1 Å². The lowest BCUT2D eigenvalue weighted by Crippen LogP contribution is -2.29. The van der Waals surface area contributed by atoms with E-state index in [2.05, 4.69) is 10.1 Å². The second-order valence-electron chi connectivity index (χ2n) is 8.34. The van der Waals surface area contributed by atoms with E-state index in [0.717, 1.165) is 12.8 Å². The Bertz CT molecular complexity index is 1240. The standard InChI is InChI=1S/C24H24N4O8/c1-27-22(14-34-24(31)36-17-7-5-16(6-8-17)28(32)33)20(13-26-27)21-10-9-19(12-25-21)35-18-4-2-3-15(11-18)23(29)30/h5-10,12-13,15,18H,2-4,11,14H2,1H3,(H,29,30)/t15-,18-/m0/s1. The molecule has 2 atom stereocenters. The zero-order valence-electron chi connectivity index (χ0n) is 19.4. The molecule has 188 valence electrons. The summed E-state index contributed by atoms with van der Waals surface area (Å²) in [6, 6.07) is 8.56. The SMILES string of the molecule is Cn1ncc(-c2ccc(O[C@H]3CCC[C@H](C(=O)O)C3)cn2)c1COC(=O)Oc1ccc([N+](=O)[O-])cc1. The van der Waals surface area contributed by atoms with Crippen molar-refractivity contribution in [1.82, 2.24) is 14.8 Å². The Labute approximate surface area is 205 Å². The van der Waals surface area contributed by atoms with Crippen LogP contribution < -0.4 is 9.47 Å². The first-order chi connectivity index (χ1) is 17.3. The van der Waals surface area contributed by atoms with E-state index in [1.807, 2.05) is 0 Å². The van der Waals surface area contributed by atoms with Gasteiger partial charge in [-0.3, -0.25) is 24.6 Å². The molecule has 2 heterocycles. The summed E-state index contributed by atoms with van der Waals surface area (Å²) < 4.78 is 17.8. The van der Waals surface area contributed by atoms with E-state index in [9.17, 15) is 24.8 Å². The molecule has 0 saturated heterocycles. The van der Waals surface area contributed by atoms with Crippen molar-refractivity contribution in [2.75, 3.05) is 0 Å². The van der Waals surface area contributed by atoms with Crippen LogP contribution in [-0.4, -0.2) is 43.0 Å². The maximum Gasteiger partial charge on any atom is 0.514 e. The summed E-state index contributed by atoms with van der Waals surface area (Å²) in [6.07, 6.45) is 4.76. The summed E-state index contributed by atoms with van der Waals surface area (Å²) in [4.78, 5) is 38.0.